The third kappa shape index (κ3) is 7.47. The number of para-hydroxylation sites is 1. The third-order valence-electron chi connectivity index (χ3n) is 4.47. The van der Waals surface area contributed by atoms with Crippen LogP contribution in [0.4, 0.5) is 0 Å². The third-order valence-corrected chi connectivity index (χ3v) is 5.76. The van der Waals surface area contributed by atoms with Crippen LogP contribution in [0.1, 0.15) is 26.3 Å². The molecule has 1 aromatic rings. The number of aliphatic carboxylic acids is 1. The van der Waals surface area contributed by atoms with E-state index >= 15 is 0 Å². The molecule has 0 saturated carbocycles. The zero-order valence-electron chi connectivity index (χ0n) is 18.9. The van der Waals surface area contributed by atoms with Crippen molar-refractivity contribution in [1.29, 1.82) is 0 Å². The van der Waals surface area contributed by atoms with E-state index in [0.717, 1.165) is 0 Å². The molecule has 0 spiro atoms. The van der Waals surface area contributed by atoms with E-state index in [2.05, 4.69) is 4.99 Å². The summed E-state index contributed by atoms with van der Waals surface area (Å²) in [6, 6.07) is 5.18. The van der Waals surface area contributed by atoms with Gasteiger partial charge in [0.25, 0.3) is 0 Å². The fourth-order valence-electron chi connectivity index (χ4n) is 2.54. The molecule has 0 bridgehead atoms. The Balaban J connectivity index is 2.08. The SMILES string of the molecule is COCCOCCOCCOc1cccc(C2=N[C@@](C)(C(=O)O)CS2)c1OC(=O)C(C)C. The van der Waals surface area contributed by atoms with Crippen molar-refractivity contribution in [2.24, 2.45) is 10.9 Å². The Morgan fingerprint density at radius 2 is 1.78 bits per heavy atom. The van der Waals surface area contributed by atoms with E-state index in [4.69, 9.17) is 23.7 Å². The van der Waals surface area contributed by atoms with Gasteiger partial charge in [0.2, 0.25) is 0 Å². The minimum atomic E-state index is -1.23. The molecule has 0 aromatic heterocycles. The number of carbonyl (C=O) groups is 2. The number of nitrogens with zero attached hydrogens (tertiary/aromatic N) is 1. The highest BCUT2D eigenvalue weighted by atomic mass is 32.2. The summed E-state index contributed by atoms with van der Waals surface area (Å²) in [6.07, 6.45) is 0. The minimum Gasteiger partial charge on any atom is -0.487 e. The number of methoxy groups -OCH3 is 1. The van der Waals surface area contributed by atoms with Crippen molar-refractivity contribution < 1.29 is 38.4 Å². The molecule has 2 rings (SSSR count). The molecule has 0 radical (unpaired) electrons. The highest BCUT2D eigenvalue weighted by Gasteiger charge is 2.39. The molecule has 0 amide bonds. The van der Waals surface area contributed by atoms with Crippen LogP contribution in [0.5, 0.6) is 11.5 Å². The lowest BCUT2D eigenvalue weighted by Gasteiger charge is -2.16. The van der Waals surface area contributed by atoms with Gasteiger partial charge in [0.1, 0.15) is 11.7 Å². The van der Waals surface area contributed by atoms with Crippen LogP contribution >= 0.6 is 11.8 Å². The van der Waals surface area contributed by atoms with Gasteiger partial charge in [-0.05, 0) is 19.1 Å². The quantitative estimate of drug-likeness (QED) is 0.250. The molecule has 1 aliphatic heterocycles. The summed E-state index contributed by atoms with van der Waals surface area (Å²) in [5.41, 5.74) is -0.700. The number of esters is 1. The van der Waals surface area contributed by atoms with Gasteiger partial charge in [-0.25, -0.2) is 4.79 Å². The Kier molecular flexibility index (Phi) is 10.4. The molecule has 178 valence electrons. The average molecular weight is 470 g/mol. The van der Waals surface area contributed by atoms with Gasteiger partial charge in [0.15, 0.2) is 17.0 Å². The van der Waals surface area contributed by atoms with Crippen LogP contribution in [0.25, 0.3) is 0 Å². The first kappa shape index (κ1) is 26.1. The molecule has 1 atom stereocenters. The summed E-state index contributed by atoms with van der Waals surface area (Å²) in [5.74, 6) is -0.882. The number of thioether (sulfide) groups is 1. The van der Waals surface area contributed by atoms with E-state index in [1.807, 2.05) is 0 Å². The van der Waals surface area contributed by atoms with Crippen LogP contribution in [0.15, 0.2) is 23.2 Å². The molecule has 9 nitrogen and oxygen atoms in total. The second kappa shape index (κ2) is 12.8. The number of aliphatic imine (C=N–C) groups is 1. The summed E-state index contributed by atoms with van der Waals surface area (Å²) in [5, 5.41) is 9.96. The maximum Gasteiger partial charge on any atom is 0.332 e. The Morgan fingerprint density at radius 1 is 1.12 bits per heavy atom. The van der Waals surface area contributed by atoms with Crippen molar-refractivity contribution in [3.05, 3.63) is 23.8 Å². The lowest BCUT2D eigenvalue weighted by molar-refractivity contribution is -0.141. The molecular formula is C22H31NO8S. The summed E-state index contributed by atoms with van der Waals surface area (Å²) in [4.78, 5) is 28.3. The molecule has 0 aliphatic carbocycles. The molecule has 0 fully saturated rings. The van der Waals surface area contributed by atoms with E-state index in [9.17, 15) is 14.7 Å². The maximum atomic E-state index is 12.3. The first-order valence-electron chi connectivity index (χ1n) is 10.4. The smallest absolute Gasteiger partial charge is 0.332 e. The van der Waals surface area contributed by atoms with Gasteiger partial charge < -0.3 is 28.8 Å². The summed E-state index contributed by atoms with van der Waals surface area (Å²) in [7, 11) is 1.61. The number of hydrogen-bond donors (Lipinski definition) is 1. The van der Waals surface area contributed by atoms with Crippen LogP contribution in [-0.4, -0.2) is 80.1 Å². The van der Waals surface area contributed by atoms with E-state index in [0.29, 0.717) is 55.1 Å². The van der Waals surface area contributed by atoms with Crippen LogP contribution in [0.3, 0.4) is 0 Å². The first-order valence-corrected chi connectivity index (χ1v) is 11.4. The van der Waals surface area contributed by atoms with Crippen LogP contribution in [0, 0.1) is 5.92 Å². The van der Waals surface area contributed by atoms with Crippen molar-refractivity contribution >= 4 is 28.7 Å². The van der Waals surface area contributed by atoms with Crippen molar-refractivity contribution in [1.82, 2.24) is 0 Å². The minimum absolute atomic E-state index is 0.231. The van der Waals surface area contributed by atoms with Crippen LogP contribution in [-0.2, 0) is 23.8 Å². The monoisotopic (exact) mass is 469 g/mol. The van der Waals surface area contributed by atoms with Gasteiger partial charge in [-0.2, -0.15) is 0 Å². The lowest BCUT2D eigenvalue weighted by Crippen LogP contribution is -2.33. The normalized spacial score (nSPS) is 18.0. The molecule has 0 unspecified atom stereocenters. The van der Waals surface area contributed by atoms with Crippen molar-refractivity contribution in [2.75, 3.05) is 52.5 Å². The number of carboxylic acid groups (broad SMARTS) is 1. The zero-order valence-corrected chi connectivity index (χ0v) is 19.7. The van der Waals surface area contributed by atoms with E-state index < -0.39 is 17.5 Å². The molecule has 32 heavy (non-hydrogen) atoms. The summed E-state index contributed by atoms with van der Waals surface area (Å²) < 4.78 is 27.2. The summed E-state index contributed by atoms with van der Waals surface area (Å²) in [6.45, 7) is 7.51. The van der Waals surface area contributed by atoms with Gasteiger partial charge in [0, 0.05) is 12.9 Å². The highest BCUT2D eigenvalue weighted by Crippen LogP contribution is 2.39. The standard InChI is InChI=1S/C22H31NO8S/c1-15(2)20(24)31-18-16(19-23-22(3,14-32-19)21(25)26)6-5-7-17(18)30-13-12-29-11-10-28-9-8-27-4/h5-7,15H,8-14H2,1-4H3,(H,25,26)/t22-/m1/s1. The van der Waals surface area contributed by atoms with E-state index in [-0.39, 0.29) is 18.3 Å². The maximum absolute atomic E-state index is 12.3. The number of rotatable bonds is 14. The Labute approximate surface area is 192 Å². The molecule has 1 heterocycles. The molecular weight excluding hydrogens is 438 g/mol. The second-order valence-electron chi connectivity index (χ2n) is 7.56. The number of hydrogen-bond acceptors (Lipinski definition) is 9. The number of carboxylic acids is 1. The topological polar surface area (TPSA) is 113 Å². The largest absolute Gasteiger partial charge is 0.487 e. The van der Waals surface area contributed by atoms with Crippen molar-refractivity contribution in [2.45, 2.75) is 26.3 Å². The number of ether oxygens (including phenoxy) is 5. The molecule has 1 N–H and O–H groups in total. The van der Waals surface area contributed by atoms with Gasteiger partial charge in [-0.15, -0.1) is 11.8 Å². The van der Waals surface area contributed by atoms with Gasteiger partial charge in [-0.1, -0.05) is 19.9 Å². The molecule has 0 saturated heterocycles. The predicted molar refractivity (Wildman–Crippen MR) is 121 cm³/mol. The van der Waals surface area contributed by atoms with E-state index in [1.54, 1.807) is 46.1 Å². The van der Waals surface area contributed by atoms with E-state index in [1.165, 1.54) is 11.8 Å². The molecule has 1 aliphatic rings. The van der Waals surface area contributed by atoms with Crippen LogP contribution < -0.4 is 9.47 Å². The van der Waals surface area contributed by atoms with Gasteiger partial charge in [-0.3, -0.25) is 9.79 Å². The average Bonchev–Trinajstić information content (AvgIpc) is 3.16. The van der Waals surface area contributed by atoms with Crippen molar-refractivity contribution in [3.8, 4) is 11.5 Å². The zero-order chi connectivity index (χ0) is 23.6. The number of benzene rings is 1. The highest BCUT2D eigenvalue weighted by molar-refractivity contribution is 8.14. The molecule has 1 aromatic carbocycles. The number of carbonyl (C=O) groups excluding carboxylic acids is 1. The second-order valence-corrected chi connectivity index (χ2v) is 8.52. The first-order chi connectivity index (χ1) is 15.3. The van der Waals surface area contributed by atoms with Gasteiger partial charge >= 0.3 is 11.9 Å². The Morgan fingerprint density at radius 3 is 2.38 bits per heavy atom. The van der Waals surface area contributed by atoms with Crippen molar-refractivity contribution in [3.63, 3.8) is 0 Å². The fraction of sp³-hybridized carbons (Fsp3) is 0.591. The lowest BCUT2D eigenvalue weighted by atomic mass is 10.1. The Hall–Kier alpha value is -2.14. The van der Waals surface area contributed by atoms with Gasteiger partial charge in [0.05, 0.1) is 44.5 Å². The Bertz CT molecular complexity index is 813. The summed E-state index contributed by atoms with van der Waals surface area (Å²) >= 11 is 1.31. The fourth-order valence-corrected chi connectivity index (χ4v) is 3.73. The predicted octanol–water partition coefficient (Wildman–Crippen LogP) is 2.64. The van der Waals surface area contributed by atoms with Crippen LogP contribution in [0.2, 0.25) is 0 Å². The molecule has 10 heteroatoms.